The van der Waals surface area contributed by atoms with Gasteiger partial charge in [0, 0.05) is 0 Å². The first-order valence-electron chi connectivity index (χ1n) is 16.8. The van der Waals surface area contributed by atoms with E-state index in [0.29, 0.717) is 29.1 Å². The Morgan fingerprint density at radius 3 is 2.41 bits per heavy atom. The van der Waals surface area contributed by atoms with Gasteiger partial charge >= 0.3 is 0 Å². The summed E-state index contributed by atoms with van der Waals surface area (Å²) in [6.45, 7) is 14.2. The predicted octanol–water partition coefficient (Wildman–Crippen LogP) is 5.63. The fourth-order valence-corrected chi connectivity index (χ4v) is 10.3. The summed E-state index contributed by atoms with van der Waals surface area (Å²) in [6.07, 6.45) is 11.9. The monoisotopic (exact) mass is 574 g/mol. The van der Waals surface area contributed by atoms with E-state index in [1.807, 2.05) is 0 Å². The van der Waals surface area contributed by atoms with Crippen LogP contribution in [0.4, 0.5) is 0 Å². The Kier molecular flexibility index (Phi) is 9.51. The van der Waals surface area contributed by atoms with Crippen LogP contribution < -0.4 is 0 Å². The molecule has 1 heterocycles. The zero-order valence-electron chi connectivity index (χ0n) is 26.4. The molecule has 4 N–H and O–H groups in total. The van der Waals surface area contributed by atoms with Crippen LogP contribution in [0.3, 0.4) is 0 Å². The first-order chi connectivity index (χ1) is 19.4. The van der Waals surface area contributed by atoms with E-state index >= 15 is 0 Å². The highest BCUT2D eigenvalue weighted by molar-refractivity contribution is 5.25. The van der Waals surface area contributed by atoms with Crippen LogP contribution in [0, 0.1) is 52.3 Å². The van der Waals surface area contributed by atoms with Crippen molar-refractivity contribution in [3.8, 4) is 0 Å². The van der Waals surface area contributed by atoms with Crippen LogP contribution in [0.1, 0.15) is 99.3 Å². The van der Waals surface area contributed by atoms with Crippen molar-refractivity contribution in [2.24, 2.45) is 52.3 Å². The van der Waals surface area contributed by atoms with E-state index in [4.69, 9.17) is 9.47 Å². The first-order valence-corrected chi connectivity index (χ1v) is 16.8. The van der Waals surface area contributed by atoms with Gasteiger partial charge in [-0.2, -0.15) is 0 Å². The molecule has 4 aliphatic carbocycles. The van der Waals surface area contributed by atoms with Crippen LogP contribution in [-0.2, 0) is 9.47 Å². The fourth-order valence-electron chi connectivity index (χ4n) is 10.3. The van der Waals surface area contributed by atoms with Crippen LogP contribution in [-0.4, -0.2) is 63.8 Å². The van der Waals surface area contributed by atoms with Crippen molar-refractivity contribution < 1.29 is 29.9 Å². The summed E-state index contributed by atoms with van der Waals surface area (Å²) in [7, 11) is 0. The van der Waals surface area contributed by atoms with Crippen molar-refractivity contribution in [3.63, 3.8) is 0 Å². The van der Waals surface area contributed by atoms with Crippen LogP contribution in [0.5, 0.6) is 0 Å². The van der Waals surface area contributed by atoms with Crippen molar-refractivity contribution in [2.45, 2.75) is 136 Å². The van der Waals surface area contributed by atoms with Gasteiger partial charge < -0.3 is 29.9 Å². The Bertz CT molecular complexity index is 960. The number of fused-ring (bicyclic) bond motifs is 5. The number of hydrogen-bond donors (Lipinski definition) is 4. The second-order valence-electron chi connectivity index (χ2n) is 15.2. The van der Waals surface area contributed by atoms with Gasteiger partial charge in [0.25, 0.3) is 0 Å². The molecule has 1 aliphatic heterocycles. The standard InChI is InChI=1S/C35H58O6/c1-7-22(20(2)3)9-8-21(4)26-12-13-27-25-11-10-23-18-24(14-16-34(23,5)28(25)15-17-35(26,27)6)40-33-32(39)31(38)30(37)29(19-36)41-33/h8-10,20-22,24-33,36-39H,7,11-19H2,1-6H3/b9-8+/t21-,22-,24+,25+,26-,27+,28+,29-,30-,31+,32-,33-,34+,35-/m0/s1. The number of aliphatic hydroxyl groups excluding tert-OH is 4. The lowest BCUT2D eigenvalue weighted by atomic mass is 9.47. The van der Waals surface area contributed by atoms with Crippen molar-refractivity contribution >= 4 is 0 Å². The minimum absolute atomic E-state index is 0.109. The van der Waals surface area contributed by atoms with Gasteiger partial charge in [-0.3, -0.25) is 0 Å². The van der Waals surface area contributed by atoms with Gasteiger partial charge in [0.2, 0.25) is 0 Å². The summed E-state index contributed by atoms with van der Waals surface area (Å²) in [6, 6.07) is 0. The van der Waals surface area contributed by atoms with Gasteiger partial charge in [-0.1, -0.05) is 65.3 Å². The smallest absolute Gasteiger partial charge is 0.186 e. The molecular weight excluding hydrogens is 516 g/mol. The number of rotatable bonds is 8. The molecular formula is C35H58O6. The summed E-state index contributed by atoms with van der Waals surface area (Å²) >= 11 is 0. The molecule has 6 heteroatoms. The maximum absolute atomic E-state index is 10.5. The lowest BCUT2D eigenvalue weighted by Crippen LogP contribution is -2.60. The van der Waals surface area contributed by atoms with Crippen molar-refractivity contribution in [1.29, 1.82) is 0 Å². The number of aliphatic hydroxyl groups is 4. The minimum Gasteiger partial charge on any atom is -0.394 e. The normalized spacial score (nSPS) is 47.9. The Balaban J connectivity index is 1.26. The summed E-state index contributed by atoms with van der Waals surface area (Å²) in [5.74, 6) is 5.05. The van der Waals surface area contributed by atoms with Crippen molar-refractivity contribution in [3.05, 3.63) is 23.8 Å². The topological polar surface area (TPSA) is 99.4 Å². The number of ether oxygens (including phenoxy) is 2. The molecule has 5 aliphatic rings. The predicted molar refractivity (Wildman–Crippen MR) is 161 cm³/mol. The minimum atomic E-state index is -1.40. The summed E-state index contributed by atoms with van der Waals surface area (Å²) in [4.78, 5) is 0. The van der Waals surface area contributed by atoms with E-state index in [9.17, 15) is 20.4 Å². The van der Waals surface area contributed by atoms with E-state index in [1.54, 1.807) is 0 Å². The van der Waals surface area contributed by atoms with Crippen molar-refractivity contribution in [1.82, 2.24) is 0 Å². The quantitative estimate of drug-likeness (QED) is 0.281. The Morgan fingerprint density at radius 2 is 1.73 bits per heavy atom. The van der Waals surface area contributed by atoms with Gasteiger partial charge in [-0.05, 0) is 110 Å². The van der Waals surface area contributed by atoms with E-state index in [-0.39, 0.29) is 11.5 Å². The lowest BCUT2D eigenvalue weighted by molar-refractivity contribution is -0.313. The molecule has 0 aromatic heterocycles. The van der Waals surface area contributed by atoms with Crippen molar-refractivity contribution in [2.75, 3.05) is 6.61 Å². The molecule has 4 fully saturated rings. The summed E-state index contributed by atoms with van der Waals surface area (Å²) in [5, 5.41) is 40.4. The van der Waals surface area contributed by atoms with Gasteiger partial charge in [0.15, 0.2) is 6.29 Å². The van der Waals surface area contributed by atoms with E-state index < -0.39 is 37.3 Å². The van der Waals surface area contributed by atoms with Gasteiger partial charge in [-0.25, -0.2) is 0 Å². The second kappa shape index (κ2) is 12.3. The van der Waals surface area contributed by atoms with E-state index in [0.717, 1.165) is 43.4 Å². The highest BCUT2D eigenvalue weighted by Crippen LogP contribution is 2.67. The average Bonchev–Trinajstić information content (AvgIpc) is 3.30. The van der Waals surface area contributed by atoms with Gasteiger partial charge in [0.1, 0.15) is 24.4 Å². The van der Waals surface area contributed by atoms with Crippen LogP contribution in [0.15, 0.2) is 23.8 Å². The molecule has 6 nitrogen and oxygen atoms in total. The molecule has 0 bridgehead atoms. The Hall–Kier alpha value is -0.760. The summed E-state index contributed by atoms with van der Waals surface area (Å²) in [5.41, 5.74) is 2.11. The molecule has 1 saturated heterocycles. The average molecular weight is 575 g/mol. The van der Waals surface area contributed by atoms with Gasteiger partial charge in [0.05, 0.1) is 12.7 Å². The van der Waals surface area contributed by atoms with Gasteiger partial charge in [-0.15, -0.1) is 0 Å². The molecule has 0 aromatic rings. The molecule has 0 amide bonds. The molecule has 234 valence electrons. The zero-order chi connectivity index (χ0) is 29.7. The third-order valence-electron chi connectivity index (χ3n) is 12.9. The maximum Gasteiger partial charge on any atom is 0.186 e. The lowest BCUT2D eigenvalue weighted by Gasteiger charge is -2.58. The molecule has 0 unspecified atom stereocenters. The second-order valence-corrected chi connectivity index (χ2v) is 15.2. The van der Waals surface area contributed by atoms with Crippen LogP contribution in [0.2, 0.25) is 0 Å². The first kappa shape index (κ1) is 31.7. The Labute approximate surface area is 248 Å². The molecule has 3 saturated carbocycles. The third kappa shape index (κ3) is 5.64. The highest BCUT2D eigenvalue weighted by Gasteiger charge is 2.59. The Morgan fingerprint density at radius 1 is 0.976 bits per heavy atom. The zero-order valence-corrected chi connectivity index (χ0v) is 26.4. The maximum atomic E-state index is 10.5. The fraction of sp³-hybridized carbons (Fsp3) is 0.886. The largest absolute Gasteiger partial charge is 0.394 e. The molecule has 0 aromatic carbocycles. The van der Waals surface area contributed by atoms with E-state index in [1.165, 1.54) is 37.7 Å². The van der Waals surface area contributed by atoms with Crippen LogP contribution >= 0.6 is 0 Å². The third-order valence-corrected chi connectivity index (χ3v) is 12.9. The SMILES string of the molecule is CC[C@@H](/C=C/[C@H](C)[C@@H]1CC[C@@H]2[C@H]3CC=C4C[C@H](O[C@H]5O[C@@H](CO)[C@H](O)[C@@H](O)[C@@H]5O)CC[C@@]4(C)[C@@H]3CC[C@]21C)C(C)C. The molecule has 14 atom stereocenters. The van der Waals surface area contributed by atoms with E-state index in [2.05, 4.69) is 59.8 Å². The highest BCUT2D eigenvalue weighted by atomic mass is 16.7. The summed E-state index contributed by atoms with van der Waals surface area (Å²) < 4.78 is 11.9. The van der Waals surface area contributed by atoms with Crippen LogP contribution in [0.25, 0.3) is 0 Å². The molecule has 5 rings (SSSR count). The number of allylic oxidation sites excluding steroid dienone is 3. The molecule has 0 spiro atoms. The molecule has 0 radical (unpaired) electrons. The molecule has 41 heavy (non-hydrogen) atoms. The number of hydrogen-bond acceptors (Lipinski definition) is 6.